The van der Waals surface area contributed by atoms with Crippen LogP contribution in [0, 0.1) is 0 Å². The minimum Gasteiger partial charge on any atom is -0.478 e. The van der Waals surface area contributed by atoms with E-state index in [0.717, 1.165) is 4.90 Å². The predicted octanol–water partition coefficient (Wildman–Crippen LogP) is 7.22. The molecule has 0 saturated carbocycles. The van der Waals surface area contributed by atoms with Gasteiger partial charge in [0.25, 0.3) is 11.8 Å². The summed E-state index contributed by atoms with van der Waals surface area (Å²) in [6.45, 7) is 1.73. The molecule has 1 atom stereocenters. The quantitative estimate of drug-likeness (QED) is 0.108. The summed E-state index contributed by atoms with van der Waals surface area (Å²) >= 11 is 13.8. The Morgan fingerprint density at radius 3 is 2.16 bits per heavy atom. The van der Waals surface area contributed by atoms with Crippen LogP contribution in [0.5, 0.6) is 0 Å². The maximum absolute atomic E-state index is 13.3. The SMILES string of the molecule is CC(Sc1ccc(NC(=O)/C(=C/c2cccc(Cl)c2Cl)NC(=O)c2ccccc2)cc1)C(=O)Nc1cccc(C(=O)O)c1. The maximum Gasteiger partial charge on any atom is 0.335 e. The molecule has 0 saturated heterocycles. The fourth-order valence-corrected chi connectivity index (χ4v) is 5.01. The van der Waals surface area contributed by atoms with Gasteiger partial charge in [-0.2, -0.15) is 0 Å². The van der Waals surface area contributed by atoms with E-state index in [0.29, 0.717) is 27.5 Å². The van der Waals surface area contributed by atoms with Crippen molar-refractivity contribution < 1.29 is 24.3 Å². The normalized spacial score (nSPS) is 11.7. The maximum atomic E-state index is 13.3. The first-order valence-corrected chi connectivity index (χ1v) is 14.5. The molecule has 0 heterocycles. The Labute approximate surface area is 262 Å². The summed E-state index contributed by atoms with van der Waals surface area (Å²) in [6.07, 6.45) is 1.45. The molecule has 0 radical (unpaired) electrons. The summed E-state index contributed by atoms with van der Waals surface area (Å²) in [4.78, 5) is 50.8. The lowest BCUT2D eigenvalue weighted by Crippen LogP contribution is -2.30. The molecule has 4 N–H and O–H groups in total. The molecule has 8 nitrogen and oxygen atoms in total. The number of rotatable bonds is 10. The number of carboxylic acid groups (broad SMARTS) is 1. The number of hydrogen-bond donors (Lipinski definition) is 4. The van der Waals surface area contributed by atoms with E-state index in [1.807, 2.05) is 0 Å². The second kappa shape index (κ2) is 14.6. The zero-order valence-electron chi connectivity index (χ0n) is 22.6. The van der Waals surface area contributed by atoms with Crippen molar-refractivity contribution >= 4 is 76.1 Å². The van der Waals surface area contributed by atoms with Crippen molar-refractivity contribution in [2.45, 2.75) is 17.1 Å². The zero-order chi connectivity index (χ0) is 30.9. The van der Waals surface area contributed by atoms with Crippen LogP contribution in [0.1, 0.15) is 33.2 Å². The predicted molar refractivity (Wildman–Crippen MR) is 171 cm³/mol. The number of amides is 3. The molecule has 0 bridgehead atoms. The Morgan fingerprint density at radius 2 is 1.47 bits per heavy atom. The minimum atomic E-state index is -1.08. The number of aromatic carboxylic acids is 1. The minimum absolute atomic E-state index is 0.0475. The van der Waals surface area contributed by atoms with Gasteiger partial charge in [-0.3, -0.25) is 14.4 Å². The monoisotopic (exact) mass is 633 g/mol. The average molecular weight is 635 g/mol. The van der Waals surface area contributed by atoms with Gasteiger partial charge >= 0.3 is 5.97 Å². The Morgan fingerprint density at radius 1 is 0.791 bits per heavy atom. The zero-order valence-corrected chi connectivity index (χ0v) is 25.0. The summed E-state index contributed by atoms with van der Waals surface area (Å²) in [5.74, 6) is -2.44. The fraction of sp³-hybridized carbons (Fsp3) is 0.0625. The van der Waals surface area contributed by atoms with E-state index in [1.165, 1.54) is 30.0 Å². The van der Waals surface area contributed by atoms with Crippen LogP contribution in [0.3, 0.4) is 0 Å². The molecule has 1 unspecified atom stereocenters. The van der Waals surface area contributed by atoms with Crippen LogP contribution in [-0.2, 0) is 9.59 Å². The van der Waals surface area contributed by atoms with E-state index in [9.17, 15) is 19.2 Å². The highest BCUT2D eigenvalue weighted by atomic mass is 35.5. The topological polar surface area (TPSA) is 125 Å². The molecule has 0 aliphatic heterocycles. The van der Waals surface area contributed by atoms with Crippen LogP contribution in [0.25, 0.3) is 6.08 Å². The fourth-order valence-electron chi connectivity index (χ4n) is 3.78. The lowest BCUT2D eigenvalue weighted by Gasteiger charge is -2.14. The third-order valence-electron chi connectivity index (χ3n) is 5.98. The molecule has 4 aromatic carbocycles. The molecule has 0 spiro atoms. The highest BCUT2D eigenvalue weighted by molar-refractivity contribution is 8.00. The van der Waals surface area contributed by atoms with Crippen molar-refractivity contribution in [2.75, 3.05) is 10.6 Å². The molecule has 11 heteroatoms. The van der Waals surface area contributed by atoms with E-state index in [-0.39, 0.29) is 22.2 Å². The highest BCUT2D eigenvalue weighted by Crippen LogP contribution is 2.28. The van der Waals surface area contributed by atoms with E-state index >= 15 is 0 Å². The lowest BCUT2D eigenvalue weighted by atomic mass is 10.1. The first-order chi connectivity index (χ1) is 20.6. The average Bonchev–Trinajstić information content (AvgIpc) is 3.00. The number of halogens is 2. The van der Waals surface area contributed by atoms with Crippen LogP contribution in [-0.4, -0.2) is 34.0 Å². The molecule has 3 amide bonds. The number of thioether (sulfide) groups is 1. The van der Waals surface area contributed by atoms with Crippen molar-refractivity contribution in [2.24, 2.45) is 0 Å². The summed E-state index contributed by atoms with van der Waals surface area (Å²) < 4.78 is 0. The molecule has 0 fully saturated rings. The van der Waals surface area contributed by atoms with E-state index < -0.39 is 23.0 Å². The molecule has 4 aromatic rings. The Kier molecular flexibility index (Phi) is 10.6. The van der Waals surface area contributed by atoms with Crippen molar-refractivity contribution in [3.05, 3.63) is 129 Å². The van der Waals surface area contributed by atoms with Gasteiger partial charge in [0.1, 0.15) is 5.70 Å². The molecule has 43 heavy (non-hydrogen) atoms. The van der Waals surface area contributed by atoms with E-state index in [2.05, 4.69) is 16.0 Å². The molecule has 0 aliphatic carbocycles. The van der Waals surface area contributed by atoms with Crippen LogP contribution >= 0.6 is 35.0 Å². The number of nitrogens with one attached hydrogen (secondary N) is 3. The van der Waals surface area contributed by atoms with Gasteiger partial charge in [0.05, 0.1) is 20.9 Å². The number of carboxylic acids is 1. The van der Waals surface area contributed by atoms with Crippen LogP contribution in [0.4, 0.5) is 11.4 Å². The van der Waals surface area contributed by atoms with E-state index in [1.54, 1.807) is 91.9 Å². The third-order valence-corrected chi connectivity index (χ3v) is 7.93. The number of benzene rings is 4. The lowest BCUT2D eigenvalue weighted by molar-refractivity contribution is -0.115. The van der Waals surface area contributed by atoms with Crippen LogP contribution < -0.4 is 16.0 Å². The highest BCUT2D eigenvalue weighted by Gasteiger charge is 2.18. The first-order valence-electron chi connectivity index (χ1n) is 12.8. The van der Waals surface area contributed by atoms with Gasteiger partial charge in [-0.05, 0) is 79.2 Å². The molecule has 4 rings (SSSR count). The number of carbonyl (C=O) groups excluding carboxylic acids is 3. The van der Waals surface area contributed by atoms with Crippen molar-refractivity contribution in [3.63, 3.8) is 0 Å². The summed E-state index contributed by atoms with van der Waals surface area (Å²) in [5, 5.41) is 17.3. The van der Waals surface area contributed by atoms with Crippen LogP contribution in [0.15, 0.2) is 108 Å². The smallest absolute Gasteiger partial charge is 0.335 e. The van der Waals surface area contributed by atoms with E-state index in [4.69, 9.17) is 28.3 Å². The summed E-state index contributed by atoms with van der Waals surface area (Å²) in [6, 6.07) is 26.3. The van der Waals surface area contributed by atoms with Gasteiger partial charge in [0.15, 0.2) is 0 Å². The number of anilines is 2. The third kappa shape index (κ3) is 8.71. The molecule has 218 valence electrons. The molecule has 0 aliphatic rings. The Balaban J connectivity index is 1.45. The largest absolute Gasteiger partial charge is 0.478 e. The summed E-state index contributed by atoms with van der Waals surface area (Å²) in [5.41, 5.74) is 1.68. The van der Waals surface area contributed by atoms with Gasteiger partial charge < -0.3 is 21.1 Å². The van der Waals surface area contributed by atoms with Crippen molar-refractivity contribution in [1.82, 2.24) is 5.32 Å². The van der Waals surface area contributed by atoms with Gasteiger partial charge in [0.2, 0.25) is 5.91 Å². The molecular formula is C32H25Cl2N3O5S. The molecular weight excluding hydrogens is 609 g/mol. The van der Waals surface area contributed by atoms with Crippen molar-refractivity contribution in [1.29, 1.82) is 0 Å². The van der Waals surface area contributed by atoms with Gasteiger partial charge in [-0.1, -0.05) is 59.6 Å². The Bertz CT molecular complexity index is 1700. The molecule has 0 aromatic heterocycles. The van der Waals surface area contributed by atoms with Gasteiger partial charge in [0, 0.05) is 21.8 Å². The van der Waals surface area contributed by atoms with Gasteiger partial charge in [-0.15, -0.1) is 11.8 Å². The van der Waals surface area contributed by atoms with Crippen molar-refractivity contribution in [3.8, 4) is 0 Å². The van der Waals surface area contributed by atoms with Gasteiger partial charge in [-0.25, -0.2) is 4.79 Å². The summed E-state index contributed by atoms with van der Waals surface area (Å²) in [7, 11) is 0. The first kappa shape index (κ1) is 31.4. The standard InChI is InChI=1S/C32H25Cl2N3O5S/c1-19(29(38)36-24-11-5-10-22(17-24)32(41)42)43-25-15-13-23(14-16-25)35-31(40)27(18-21-9-6-12-26(33)28(21)34)37-30(39)20-7-3-2-4-8-20/h2-19H,1H3,(H,35,40)(H,36,38)(H,37,39)(H,41,42)/b27-18-. The number of carbonyl (C=O) groups is 4. The second-order valence-electron chi connectivity index (χ2n) is 9.13. The number of hydrogen-bond acceptors (Lipinski definition) is 5. The van der Waals surface area contributed by atoms with Crippen LogP contribution in [0.2, 0.25) is 10.0 Å². The Hall–Kier alpha value is -4.57. The second-order valence-corrected chi connectivity index (χ2v) is 11.3.